The van der Waals surface area contributed by atoms with Crippen molar-refractivity contribution in [1.82, 2.24) is 0 Å². The molecule has 0 spiro atoms. The highest BCUT2D eigenvalue weighted by atomic mass is 31.2. The van der Waals surface area contributed by atoms with Crippen LogP contribution in [0.2, 0.25) is 0 Å². The van der Waals surface area contributed by atoms with E-state index >= 15 is 0 Å². The minimum Gasteiger partial charge on any atom is -0.494 e. The molecule has 2 N–H and O–H groups in total. The van der Waals surface area contributed by atoms with Crippen LogP contribution in [0.4, 0.5) is 5.69 Å². The predicted octanol–water partition coefficient (Wildman–Crippen LogP) is 7.72. The van der Waals surface area contributed by atoms with Crippen molar-refractivity contribution in [3.8, 4) is 16.9 Å². The number of ether oxygens (including phenoxy) is 2. The fraction of sp³-hybridized carbons (Fsp3) is 0.394. The van der Waals surface area contributed by atoms with Gasteiger partial charge in [-0.25, -0.2) is 0 Å². The lowest BCUT2D eigenvalue weighted by Gasteiger charge is -2.19. The summed E-state index contributed by atoms with van der Waals surface area (Å²) in [5, 5.41) is 2.58. The van der Waals surface area contributed by atoms with Crippen LogP contribution in [-0.2, 0) is 18.6 Å². The minimum atomic E-state index is -4.41. The molecule has 9 heteroatoms. The fourth-order valence-corrected chi connectivity index (χ4v) is 5.13. The van der Waals surface area contributed by atoms with Crippen molar-refractivity contribution >= 4 is 30.5 Å². The van der Waals surface area contributed by atoms with Gasteiger partial charge in [0.1, 0.15) is 5.75 Å². The number of hydrogen-bond donors (Lipinski definition) is 2. The molecular weight excluding hydrogens is 553 g/mol. The first kappa shape index (κ1) is 33.1. The topological polar surface area (TPSA) is 111 Å². The van der Waals surface area contributed by atoms with Crippen molar-refractivity contribution in [2.75, 3.05) is 18.7 Å². The third-order valence-corrected chi connectivity index (χ3v) is 8.04. The zero-order valence-electron chi connectivity index (χ0n) is 24.9. The fourth-order valence-electron chi connectivity index (χ4n) is 4.09. The highest BCUT2D eigenvalue weighted by molar-refractivity contribution is 7.61. The SMILES string of the molecule is CCCCCCCCOc1ccc(-c2ccc(C(=O)Nc3ccccc3P(=O)(O)OCOC(=O)C(C)(C)C)cc2)cc1. The van der Waals surface area contributed by atoms with Crippen LogP contribution in [0.15, 0.2) is 72.8 Å². The zero-order chi connectivity index (χ0) is 30.6. The van der Waals surface area contributed by atoms with Gasteiger partial charge in [-0.1, -0.05) is 75.4 Å². The van der Waals surface area contributed by atoms with Gasteiger partial charge in [-0.05, 0) is 74.7 Å². The van der Waals surface area contributed by atoms with Crippen LogP contribution >= 0.6 is 7.60 Å². The van der Waals surface area contributed by atoms with Gasteiger partial charge < -0.3 is 19.7 Å². The Morgan fingerprint density at radius 2 is 1.43 bits per heavy atom. The number of amides is 1. The lowest BCUT2D eigenvalue weighted by Crippen LogP contribution is -2.24. The van der Waals surface area contributed by atoms with Crippen LogP contribution in [-0.4, -0.2) is 30.2 Å². The summed E-state index contributed by atoms with van der Waals surface area (Å²) in [5.74, 6) is -0.189. The van der Waals surface area contributed by atoms with E-state index in [2.05, 4.69) is 12.2 Å². The van der Waals surface area contributed by atoms with Gasteiger partial charge in [-0.3, -0.25) is 18.7 Å². The first-order valence-electron chi connectivity index (χ1n) is 14.4. The van der Waals surface area contributed by atoms with Gasteiger partial charge in [0.25, 0.3) is 5.91 Å². The number of nitrogens with one attached hydrogen (secondary N) is 1. The third-order valence-electron chi connectivity index (χ3n) is 6.59. The van der Waals surface area contributed by atoms with Crippen molar-refractivity contribution in [2.45, 2.75) is 66.2 Å². The third kappa shape index (κ3) is 10.1. The molecule has 3 rings (SSSR count). The molecule has 8 nitrogen and oxygen atoms in total. The predicted molar refractivity (Wildman–Crippen MR) is 166 cm³/mol. The average molecular weight is 596 g/mol. The van der Waals surface area contributed by atoms with E-state index in [1.165, 1.54) is 44.2 Å². The number of anilines is 1. The summed E-state index contributed by atoms with van der Waals surface area (Å²) >= 11 is 0. The average Bonchev–Trinajstić information content (AvgIpc) is 2.96. The quantitative estimate of drug-likeness (QED) is 0.0801. The lowest BCUT2D eigenvalue weighted by molar-refractivity contribution is -0.159. The Balaban J connectivity index is 1.57. The molecule has 0 aliphatic heterocycles. The van der Waals surface area contributed by atoms with Crippen molar-refractivity contribution in [3.63, 3.8) is 0 Å². The number of esters is 1. The number of para-hydroxylation sites is 1. The second-order valence-electron chi connectivity index (χ2n) is 11.1. The molecule has 1 atom stereocenters. The minimum absolute atomic E-state index is 0.111. The molecule has 226 valence electrons. The highest BCUT2D eigenvalue weighted by Gasteiger charge is 2.29. The van der Waals surface area contributed by atoms with Crippen LogP contribution in [0.1, 0.15) is 76.6 Å². The van der Waals surface area contributed by atoms with Crippen LogP contribution in [0.5, 0.6) is 5.75 Å². The Bertz CT molecular complexity index is 1350. The highest BCUT2D eigenvalue weighted by Crippen LogP contribution is 2.43. The van der Waals surface area contributed by atoms with Crippen molar-refractivity contribution in [1.29, 1.82) is 0 Å². The first-order valence-corrected chi connectivity index (χ1v) is 16.0. The molecule has 0 aliphatic carbocycles. The normalized spacial score (nSPS) is 12.8. The second-order valence-corrected chi connectivity index (χ2v) is 12.9. The van der Waals surface area contributed by atoms with Crippen LogP contribution in [0.3, 0.4) is 0 Å². The molecule has 0 radical (unpaired) electrons. The van der Waals surface area contributed by atoms with Crippen molar-refractivity contribution in [2.24, 2.45) is 5.41 Å². The van der Waals surface area contributed by atoms with Gasteiger partial charge in [0.05, 0.1) is 23.0 Å². The molecule has 3 aromatic rings. The lowest BCUT2D eigenvalue weighted by atomic mass is 9.98. The van der Waals surface area contributed by atoms with Crippen LogP contribution < -0.4 is 15.4 Å². The van der Waals surface area contributed by atoms with E-state index in [1.807, 2.05) is 36.4 Å². The maximum absolute atomic E-state index is 13.0. The monoisotopic (exact) mass is 595 g/mol. The summed E-state index contributed by atoms with van der Waals surface area (Å²) in [5.41, 5.74) is 1.64. The molecule has 0 aromatic heterocycles. The number of unbranched alkanes of at least 4 members (excludes halogenated alkanes) is 5. The molecule has 0 bridgehead atoms. The Morgan fingerprint density at radius 3 is 2.07 bits per heavy atom. The molecule has 3 aromatic carbocycles. The number of rotatable bonds is 15. The number of carbonyl (C=O) groups excluding carboxylic acids is 2. The van der Waals surface area contributed by atoms with E-state index in [0.717, 1.165) is 23.3 Å². The van der Waals surface area contributed by atoms with Gasteiger partial charge in [-0.2, -0.15) is 0 Å². The standard InChI is InChI=1S/C33H42NO7P/c1-5-6-7-8-9-12-23-39-28-21-19-26(20-22-28)25-15-17-27(18-16-25)31(35)34-29-13-10-11-14-30(29)42(37,38)41-24-40-32(36)33(2,3)4/h10-11,13-22H,5-9,12,23-24H2,1-4H3,(H,34,35)(H,37,38). The van der Waals surface area contributed by atoms with Gasteiger partial charge in [0.15, 0.2) is 0 Å². The second kappa shape index (κ2) is 15.7. The van der Waals surface area contributed by atoms with E-state index in [-0.39, 0.29) is 11.0 Å². The summed E-state index contributed by atoms with van der Waals surface area (Å²) in [6.45, 7) is 7.21. The van der Waals surface area contributed by atoms with E-state index in [0.29, 0.717) is 12.2 Å². The molecular formula is C33H42NO7P. The molecule has 0 heterocycles. The summed E-state index contributed by atoms with van der Waals surface area (Å²) in [4.78, 5) is 35.5. The van der Waals surface area contributed by atoms with E-state index in [1.54, 1.807) is 45.0 Å². The van der Waals surface area contributed by atoms with Crippen molar-refractivity contribution in [3.05, 3.63) is 78.4 Å². The van der Waals surface area contributed by atoms with E-state index in [9.17, 15) is 19.0 Å². The summed E-state index contributed by atoms with van der Waals surface area (Å²) < 4.78 is 28.8. The summed E-state index contributed by atoms with van der Waals surface area (Å²) in [7, 11) is -4.41. The van der Waals surface area contributed by atoms with Crippen LogP contribution in [0.25, 0.3) is 11.1 Å². The largest absolute Gasteiger partial charge is 0.494 e. The van der Waals surface area contributed by atoms with Crippen molar-refractivity contribution < 1.29 is 33.0 Å². The molecule has 0 saturated carbocycles. The molecule has 0 saturated heterocycles. The Kier molecular flexibility index (Phi) is 12.3. The Labute approximate surface area is 248 Å². The number of benzene rings is 3. The molecule has 0 aliphatic rings. The number of hydrogen-bond acceptors (Lipinski definition) is 6. The van der Waals surface area contributed by atoms with Gasteiger partial charge in [0, 0.05) is 5.56 Å². The molecule has 1 unspecified atom stereocenters. The molecule has 1 amide bonds. The zero-order valence-corrected chi connectivity index (χ0v) is 25.8. The van der Waals surface area contributed by atoms with Crippen LogP contribution in [0, 0.1) is 5.41 Å². The van der Waals surface area contributed by atoms with Gasteiger partial charge >= 0.3 is 13.6 Å². The van der Waals surface area contributed by atoms with E-state index in [4.69, 9.17) is 14.0 Å². The Morgan fingerprint density at radius 1 is 0.833 bits per heavy atom. The maximum Gasteiger partial charge on any atom is 0.363 e. The first-order chi connectivity index (χ1) is 20.0. The summed E-state index contributed by atoms with van der Waals surface area (Å²) in [6.07, 6.45) is 7.32. The smallest absolute Gasteiger partial charge is 0.363 e. The number of carbonyl (C=O) groups is 2. The molecule has 42 heavy (non-hydrogen) atoms. The van der Waals surface area contributed by atoms with Gasteiger partial charge in [-0.15, -0.1) is 0 Å². The van der Waals surface area contributed by atoms with E-state index < -0.39 is 31.7 Å². The Hall–Kier alpha value is -3.45. The maximum atomic E-state index is 13.0. The summed E-state index contributed by atoms with van der Waals surface area (Å²) in [6, 6.07) is 21.0. The molecule has 0 fully saturated rings. The van der Waals surface area contributed by atoms with Gasteiger partial charge in [0.2, 0.25) is 6.79 Å².